The van der Waals surface area contributed by atoms with Gasteiger partial charge in [0.2, 0.25) is 0 Å². The van der Waals surface area contributed by atoms with Crippen molar-refractivity contribution in [1.29, 1.82) is 0 Å². The van der Waals surface area contributed by atoms with Crippen molar-refractivity contribution < 1.29 is 14.2 Å². The number of hydrogen-bond acceptors (Lipinski definition) is 3. The lowest BCUT2D eigenvalue weighted by Gasteiger charge is -2.07. The van der Waals surface area contributed by atoms with E-state index in [1.165, 1.54) is 22.3 Å². The lowest BCUT2D eigenvalue weighted by molar-refractivity contribution is 0.107. The molecule has 2 aromatic rings. The van der Waals surface area contributed by atoms with E-state index in [4.69, 9.17) is 14.2 Å². The van der Waals surface area contributed by atoms with E-state index in [2.05, 4.69) is 24.3 Å². The van der Waals surface area contributed by atoms with Crippen molar-refractivity contribution in [3.63, 3.8) is 0 Å². The zero-order valence-electron chi connectivity index (χ0n) is 11.9. The molecule has 2 aromatic carbocycles. The Labute approximate surface area is 124 Å². The maximum absolute atomic E-state index is 5.84. The molecular formula is C18H18O3. The largest absolute Gasteiger partial charge is 0.493 e. The van der Waals surface area contributed by atoms with Gasteiger partial charge in [-0.15, -0.1) is 0 Å². The molecule has 0 N–H and O–H groups in total. The molecule has 2 aliphatic heterocycles. The fourth-order valence-corrected chi connectivity index (χ4v) is 2.95. The SMILES string of the molecule is c1cc2c(cc1COCc1ccc3c(c1)CCO3)CCO2. The highest BCUT2D eigenvalue weighted by molar-refractivity contribution is 5.40. The molecule has 2 heterocycles. The Bertz CT molecular complexity index is 606. The van der Waals surface area contributed by atoms with Gasteiger partial charge in [0.25, 0.3) is 0 Å². The van der Waals surface area contributed by atoms with Crippen LogP contribution in [0.5, 0.6) is 11.5 Å². The van der Waals surface area contributed by atoms with Crippen LogP contribution in [0.15, 0.2) is 36.4 Å². The van der Waals surface area contributed by atoms with E-state index >= 15 is 0 Å². The Morgan fingerprint density at radius 3 is 1.81 bits per heavy atom. The Kier molecular flexibility index (Phi) is 3.28. The van der Waals surface area contributed by atoms with E-state index in [1.807, 2.05) is 12.1 Å². The van der Waals surface area contributed by atoms with Gasteiger partial charge in [0, 0.05) is 12.8 Å². The van der Waals surface area contributed by atoms with Crippen molar-refractivity contribution in [2.75, 3.05) is 13.2 Å². The average molecular weight is 282 g/mol. The van der Waals surface area contributed by atoms with Gasteiger partial charge in [-0.3, -0.25) is 0 Å². The smallest absolute Gasteiger partial charge is 0.122 e. The lowest BCUT2D eigenvalue weighted by atomic mass is 10.1. The molecule has 0 unspecified atom stereocenters. The first kappa shape index (κ1) is 12.7. The monoisotopic (exact) mass is 282 g/mol. The number of benzene rings is 2. The highest BCUT2D eigenvalue weighted by atomic mass is 16.5. The molecule has 0 atom stereocenters. The molecular weight excluding hydrogens is 264 g/mol. The number of ether oxygens (including phenoxy) is 3. The number of rotatable bonds is 4. The summed E-state index contributed by atoms with van der Waals surface area (Å²) in [6, 6.07) is 12.7. The minimum absolute atomic E-state index is 0.640. The van der Waals surface area contributed by atoms with Crippen LogP contribution in [0.2, 0.25) is 0 Å². The normalized spacial score (nSPS) is 15.2. The summed E-state index contributed by atoms with van der Waals surface area (Å²) in [4.78, 5) is 0. The Morgan fingerprint density at radius 2 is 1.29 bits per heavy atom. The van der Waals surface area contributed by atoms with Gasteiger partial charge in [0.1, 0.15) is 11.5 Å². The van der Waals surface area contributed by atoms with E-state index in [0.29, 0.717) is 13.2 Å². The van der Waals surface area contributed by atoms with E-state index < -0.39 is 0 Å². The summed E-state index contributed by atoms with van der Waals surface area (Å²) in [6.45, 7) is 2.88. The zero-order chi connectivity index (χ0) is 14.1. The van der Waals surface area contributed by atoms with Crippen LogP contribution >= 0.6 is 0 Å². The molecule has 0 aliphatic carbocycles. The van der Waals surface area contributed by atoms with Crippen molar-refractivity contribution in [3.8, 4) is 11.5 Å². The second kappa shape index (κ2) is 5.41. The molecule has 0 fully saturated rings. The molecule has 21 heavy (non-hydrogen) atoms. The maximum atomic E-state index is 5.84. The first-order valence-corrected chi connectivity index (χ1v) is 7.45. The lowest BCUT2D eigenvalue weighted by Crippen LogP contribution is -1.95. The highest BCUT2D eigenvalue weighted by Gasteiger charge is 2.13. The Morgan fingerprint density at radius 1 is 0.762 bits per heavy atom. The minimum atomic E-state index is 0.640. The second-order valence-electron chi connectivity index (χ2n) is 5.57. The molecule has 4 rings (SSSR count). The van der Waals surface area contributed by atoms with Gasteiger partial charge >= 0.3 is 0 Å². The second-order valence-corrected chi connectivity index (χ2v) is 5.57. The highest BCUT2D eigenvalue weighted by Crippen LogP contribution is 2.27. The van der Waals surface area contributed by atoms with Crippen LogP contribution in [0, 0.1) is 0 Å². The van der Waals surface area contributed by atoms with E-state index in [9.17, 15) is 0 Å². The van der Waals surface area contributed by atoms with Crippen molar-refractivity contribution >= 4 is 0 Å². The quantitative estimate of drug-likeness (QED) is 0.861. The van der Waals surface area contributed by atoms with Crippen LogP contribution in [0.4, 0.5) is 0 Å². The molecule has 0 radical (unpaired) electrons. The average Bonchev–Trinajstić information content (AvgIpc) is 3.14. The summed E-state index contributed by atoms with van der Waals surface area (Å²) in [7, 11) is 0. The third-order valence-corrected chi connectivity index (χ3v) is 4.05. The van der Waals surface area contributed by atoms with Crippen LogP contribution < -0.4 is 9.47 Å². The van der Waals surface area contributed by atoms with Crippen LogP contribution in [0.3, 0.4) is 0 Å². The van der Waals surface area contributed by atoms with Gasteiger partial charge in [0.15, 0.2) is 0 Å². The molecule has 0 saturated heterocycles. The molecule has 108 valence electrons. The first-order valence-electron chi connectivity index (χ1n) is 7.45. The van der Waals surface area contributed by atoms with Crippen molar-refractivity contribution in [2.45, 2.75) is 26.1 Å². The van der Waals surface area contributed by atoms with Crippen molar-refractivity contribution in [3.05, 3.63) is 58.7 Å². The summed E-state index contributed by atoms with van der Waals surface area (Å²) in [6.07, 6.45) is 2.02. The zero-order valence-corrected chi connectivity index (χ0v) is 11.9. The van der Waals surface area contributed by atoms with Crippen LogP contribution in [0.25, 0.3) is 0 Å². The summed E-state index contributed by atoms with van der Waals surface area (Å²) in [5.74, 6) is 2.05. The van der Waals surface area contributed by atoms with Crippen LogP contribution in [-0.2, 0) is 30.8 Å². The standard InChI is InChI=1S/C18H18O3/c1-3-17-15(5-7-20-17)9-13(1)11-19-12-14-2-4-18-16(10-14)6-8-21-18/h1-4,9-10H,5-8,11-12H2. The molecule has 0 bridgehead atoms. The summed E-state index contributed by atoms with van der Waals surface area (Å²) < 4.78 is 16.9. The third-order valence-electron chi connectivity index (χ3n) is 4.05. The molecule has 3 heteroatoms. The third kappa shape index (κ3) is 2.61. The van der Waals surface area contributed by atoms with Gasteiger partial charge in [-0.05, 0) is 46.5 Å². The molecule has 3 nitrogen and oxygen atoms in total. The van der Waals surface area contributed by atoms with E-state index in [0.717, 1.165) is 37.6 Å². The fraction of sp³-hybridized carbons (Fsp3) is 0.333. The van der Waals surface area contributed by atoms with Gasteiger partial charge in [-0.2, -0.15) is 0 Å². The minimum Gasteiger partial charge on any atom is -0.493 e. The van der Waals surface area contributed by atoms with Crippen molar-refractivity contribution in [1.82, 2.24) is 0 Å². The molecule has 2 aliphatic rings. The summed E-state index contributed by atoms with van der Waals surface area (Å²) >= 11 is 0. The fourth-order valence-electron chi connectivity index (χ4n) is 2.95. The van der Waals surface area contributed by atoms with E-state index in [1.54, 1.807) is 0 Å². The Balaban J connectivity index is 1.37. The predicted molar refractivity (Wildman–Crippen MR) is 79.8 cm³/mol. The first-order chi connectivity index (χ1) is 10.4. The molecule has 0 spiro atoms. The number of fused-ring (bicyclic) bond motifs is 2. The van der Waals surface area contributed by atoms with Crippen molar-refractivity contribution in [2.24, 2.45) is 0 Å². The van der Waals surface area contributed by atoms with Crippen LogP contribution in [-0.4, -0.2) is 13.2 Å². The topological polar surface area (TPSA) is 27.7 Å². The molecule has 0 saturated carbocycles. The number of hydrogen-bond donors (Lipinski definition) is 0. The molecule has 0 aromatic heterocycles. The van der Waals surface area contributed by atoms with E-state index in [-0.39, 0.29) is 0 Å². The van der Waals surface area contributed by atoms with Gasteiger partial charge in [0.05, 0.1) is 26.4 Å². The molecule has 0 amide bonds. The summed E-state index contributed by atoms with van der Waals surface area (Å²) in [5.41, 5.74) is 5.02. The maximum Gasteiger partial charge on any atom is 0.122 e. The van der Waals surface area contributed by atoms with Gasteiger partial charge in [-0.1, -0.05) is 12.1 Å². The predicted octanol–water partition coefficient (Wildman–Crippen LogP) is 3.27. The van der Waals surface area contributed by atoms with Crippen LogP contribution in [0.1, 0.15) is 22.3 Å². The Hall–Kier alpha value is -2.00. The van der Waals surface area contributed by atoms with Gasteiger partial charge in [-0.25, -0.2) is 0 Å². The summed E-state index contributed by atoms with van der Waals surface area (Å²) in [5, 5.41) is 0. The van der Waals surface area contributed by atoms with Gasteiger partial charge < -0.3 is 14.2 Å².